The van der Waals surface area contributed by atoms with Gasteiger partial charge in [-0.25, -0.2) is 0 Å². The molecule has 1 aliphatic heterocycles. The maximum atomic E-state index is 12.5. The minimum Gasteiger partial charge on any atom is -0.459 e. The van der Waals surface area contributed by atoms with Crippen LogP contribution in [-0.4, -0.2) is 48.4 Å². The average Bonchev–Trinajstić information content (AvgIpc) is 3.16. The fourth-order valence-electron chi connectivity index (χ4n) is 3.91. The Morgan fingerprint density at radius 3 is 2.48 bits per heavy atom. The number of rotatable bonds is 6. The average molecular weight is 392 g/mol. The van der Waals surface area contributed by atoms with Crippen molar-refractivity contribution in [2.45, 2.75) is 26.4 Å². The second-order valence-corrected chi connectivity index (χ2v) is 7.95. The summed E-state index contributed by atoms with van der Waals surface area (Å²) < 4.78 is 5.87. The molecule has 5 nitrogen and oxygen atoms in total. The molecule has 1 aromatic heterocycles. The second kappa shape index (κ2) is 8.80. The number of nitrogens with one attached hydrogen (secondary N) is 1. The number of hydrogen-bond donors (Lipinski definition) is 1. The highest BCUT2D eigenvalue weighted by atomic mass is 16.3. The first-order chi connectivity index (χ1) is 14.1. The van der Waals surface area contributed by atoms with Crippen molar-refractivity contribution < 1.29 is 9.21 Å². The number of fused-ring (bicyclic) bond motifs is 1. The summed E-state index contributed by atoms with van der Waals surface area (Å²) in [6, 6.07) is 18.3. The fourth-order valence-corrected chi connectivity index (χ4v) is 3.91. The largest absolute Gasteiger partial charge is 0.459 e. The molecule has 5 heteroatoms. The monoisotopic (exact) mass is 391 g/mol. The summed E-state index contributed by atoms with van der Waals surface area (Å²) in [6.45, 7) is 9.35. The van der Waals surface area contributed by atoms with Crippen molar-refractivity contribution in [2.75, 3.05) is 32.7 Å². The maximum Gasteiger partial charge on any atom is 0.234 e. The third-order valence-electron chi connectivity index (χ3n) is 5.74. The van der Waals surface area contributed by atoms with E-state index in [1.54, 1.807) is 0 Å². The summed E-state index contributed by atoms with van der Waals surface area (Å²) >= 11 is 0. The normalized spacial score (nSPS) is 16.8. The Bertz CT molecular complexity index is 940. The Morgan fingerprint density at radius 2 is 1.72 bits per heavy atom. The highest BCUT2D eigenvalue weighted by Gasteiger charge is 2.21. The molecular weight excluding hydrogens is 362 g/mol. The Kier molecular flexibility index (Phi) is 5.97. The van der Waals surface area contributed by atoms with Crippen LogP contribution in [0.1, 0.15) is 29.9 Å². The highest BCUT2D eigenvalue weighted by molar-refractivity contribution is 5.80. The molecule has 1 N–H and O–H groups in total. The summed E-state index contributed by atoms with van der Waals surface area (Å²) in [5, 5.41) is 4.14. The Balaban J connectivity index is 1.25. The van der Waals surface area contributed by atoms with Crippen LogP contribution in [0.2, 0.25) is 0 Å². The van der Waals surface area contributed by atoms with Crippen molar-refractivity contribution in [3.63, 3.8) is 0 Å². The molecule has 2 aromatic carbocycles. The number of amides is 1. The second-order valence-electron chi connectivity index (χ2n) is 7.95. The molecule has 3 aromatic rings. The van der Waals surface area contributed by atoms with Gasteiger partial charge in [-0.15, -0.1) is 0 Å². The van der Waals surface area contributed by atoms with Crippen LogP contribution in [0.25, 0.3) is 11.0 Å². The molecule has 0 unspecified atom stereocenters. The maximum absolute atomic E-state index is 12.5. The van der Waals surface area contributed by atoms with E-state index in [0.717, 1.165) is 49.5 Å². The molecule has 1 aliphatic rings. The number of carbonyl (C=O) groups excluding carboxylic acids is 1. The van der Waals surface area contributed by atoms with E-state index in [9.17, 15) is 4.79 Å². The zero-order valence-corrected chi connectivity index (χ0v) is 17.2. The summed E-state index contributed by atoms with van der Waals surface area (Å²) in [5.74, 6) is 0.841. The zero-order chi connectivity index (χ0) is 20.2. The molecule has 2 heterocycles. The van der Waals surface area contributed by atoms with Gasteiger partial charge < -0.3 is 9.73 Å². The van der Waals surface area contributed by atoms with Crippen molar-refractivity contribution in [2.24, 2.45) is 0 Å². The van der Waals surface area contributed by atoms with E-state index >= 15 is 0 Å². The van der Waals surface area contributed by atoms with E-state index in [2.05, 4.69) is 46.3 Å². The van der Waals surface area contributed by atoms with Crippen LogP contribution in [0.4, 0.5) is 0 Å². The quantitative estimate of drug-likeness (QED) is 0.696. The van der Waals surface area contributed by atoms with Crippen molar-refractivity contribution in [3.8, 4) is 0 Å². The SMILES string of the molecule is Cc1ccccc1CN1CCN(CC(=O)N[C@H](C)c2cc3ccccc3o2)CC1. The lowest BCUT2D eigenvalue weighted by molar-refractivity contribution is -0.123. The number of benzene rings is 2. The van der Waals surface area contributed by atoms with Gasteiger partial charge in [-0.1, -0.05) is 42.5 Å². The van der Waals surface area contributed by atoms with Crippen LogP contribution in [0, 0.1) is 6.92 Å². The van der Waals surface area contributed by atoms with E-state index in [1.807, 2.05) is 37.3 Å². The van der Waals surface area contributed by atoms with Gasteiger partial charge in [-0.2, -0.15) is 0 Å². The van der Waals surface area contributed by atoms with Gasteiger partial charge in [-0.05, 0) is 37.1 Å². The predicted molar refractivity (Wildman–Crippen MR) is 116 cm³/mol. The minimum atomic E-state index is -0.141. The summed E-state index contributed by atoms with van der Waals surface area (Å²) in [7, 11) is 0. The van der Waals surface area contributed by atoms with Crippen LogP contribution in [0.3, 0.4) is 0 Å². The molecule has 4 rings (SSSR count). The van der Waals surface area contributed by atoms with Gasteiger partial charge in [0.25, 0.3) is 0 Å². The lowest BCUT2D eigenvalue weighted by Gasteiger charge is -2.34. The number of aryl methyl sites for hydroxylation is 1. The third-order valence-corrected chi connectivity index (χ3v) is 5.74. The number of para-hydroxylation sites is 1. The van der Waals surface area contributed by atoms with Crippen molar-refractivity contribution in [1.29, 1.82) is 0 Å². The molecular formula is C24H29N3O2. The summed E-state index contributed by atoms with van der Waals surface area (Å²) in [6.07, 6.45) is 0. The van der Waals surface area contributed by atoms with Crippen molar-refractivity contribution >= 4 is 16.9 Å². The van der Waals surface area contributed by atoms with Gasteiger partial charge in [0.05, 0.1) is 12.6 Å². The molecule has 0 spiro atoms. The molecule has 29 heavy (non-hydrogen) atoms. The summed E-state index contributed by atoms with van der Waals surface area (Å²) in [4.78, 5) is 17.2. The van der Waals surface area contributed by atoms with E-state index < -0.39 is 0 Å². The van der Waals surface area contributed by atoms with Gasteiger partial charge in [0, 0.05) is 38.1 Å². The first-order valence-corrected chi connectivity index (χ1v) is 10.4. The van der Waals surface area contributed by atoms with E-state index in [1.165, 1.54) is 11.1 Å². The van der Waals surface area contributed by atoms with Crippen molar-refractivity contribution in [3.05, 3.63) is 71.5 Å². The molecule has 1 amide bonds. The zero-order valence-electron chi connectivity index (χ0n) is 17.2. The number of furan rings is 1. The van der Waals surface area contributed by atoms with Gasteiger partial charge >= 0.3 is 0 Å². The first kappa shape index (κ1) is 19.7. The molecule has 1 atom stereocenters. The van der Waals surface area contributed by atoms with Crippen LogP contribution in [-0.2, 0) is 11.3 Å². The Hall–Kier alpha value is -2.63. The molecule has 0 saturated carbocycles. The van der Waals surface area contributed by atoms with Gasteiger partial charge in [-0.3, -0.25) is 14.6 Å². The van der Waals surface area contributed by atoms with Crippen LogP contribution in [0.15, 0.2) is 59.0 Å². The molecule has 0 radical (unpaired) electrons. The predicted octanol–water partition coefficient (Wildman–Crippen LogP) is 3.74. The van der Waals surface area contributed by atoms with Crippen LogP contribution in [0.5, 0.6) is 0 Å². The molecule has 0 bridgehead atoms. The van der Waals surface area contributed by atoms with E-state index in [0.29, 0.717) is 6.54 Å². The molecule has 1 saturated heterocycles. The Morgan fingerprint density at radius 1 is 1.03 bits per heavy atom. The molecule has 152 valence electrons. The molecule has 1 fully saturated rings. The first-order valence-electron chi connectivity index (χ1n) is 10.4. The molecule has 0 aliphatic carbocycles. The van der Waals surface area contributed by atoms with Crippen LogP contribution >= 0.6 is 0 Å². The van der Waals surface area contributed by atoms with Crippen molar-refractivity contribution in [1.82, 2.24) is 15.1 Å². The third kappa shape index (κ3) is 4.86. The number of carbonyl (C=O) groups is 1. The number of hydrogen-bond acceptors (Lipinski definition) is 4. The number of nitrogens with zero attached hydrogens (tertiary/aromatic N) is 2. The van der Waals surface area contributed by atoms with Crippen LogP contribution < -0.4 is 5.32 Å². The van der Waals surface area contributed by atoms with Gasteiger partial charge in [0.2, 0.25) is 5.91 Å². The minimum absolute atomic E-state index is 0.0466. The lowest BCUT2D eigenvalue weighted by atomic mass is 10.1. The van der Waals surface area contributed by atoms with Gasteiger partial charge in [0.1, 0.15) is 11.3 Å². The van der Waals surface area contributed by atoms with E-state index in [-0.39, 0.29) is 11.9 Å². The smallest absolute Gasteiger partial charge is 0.234 e. The topological polar surface area (TPSA) is 48.7 Å². The highest BCUT2D eigenvalue weighted by Crippen LogP contribution is 2.23. The van der Waals surface area contributed by atoms with Gasteiger partial charge in [0.15, 0.2) is 0 Å². The van der Waals surface area contributed by atoms with E-state index in [4.69, 9.17) is 4.42 Å². The Labute approximate surface area is 172 Å². The standard InChI is InChI=1S/C24H29N3O2/c1-18-7-3-4-9-21(18)16-26-11-13-27(14-12-26)17-24(28)25-19(2)23-15-20-8-5-6-10-22(20)29-23/h3-10,15,19H,11-14,16-17H2,1-2H3,(H,25,28)/t19-/m1/s1. The fraction of sp³-hybridized carbons (Fsp3) is 0.375. The lowest BCUT2D eigenvalue weighted by Crippen LogP contribution is -2.49. The number of piperazine rings is 1. The summed E-state index contributed by atoms with van der Waals surface area (Å²) in [5.41, 5.74) is 3.58.